The van der Waals surface area contributed by atoms with E-state index in [1.165, 1.54) is 17.7 Å². The fraction of sp³-hybridized carbons (Fsp3) is 0.444. The number of nitrogens with zero attached hydrogens (tertiary/aromatic N) is 2. The van der Waals surface area contributed by atoms with Gasteiger partial charge in [-0.1, -0.05) is 6.07 Å². The van der Waals surface area contributed by atoms with E-state index in [4.69, 9.17) is 4.74 Å². The zero-order chi connectivity index (χ0) is 16.6. The van der Waals surface area contributed by atoms with E-state index in [0.29, 0.717) is 12.4 Å². The van der Waals surface area contributed by atoms with Crippen LogP contribution in [0.1, 0.15) is 30.2 Å². The molecule has 3 rings (SSSR count). The largest absolute Gasteiger partial charge is 0.477 e. The van der Waals surface area contributed by atoms with Crippen LogP contribution in [0, 0.1) is 5.92 Å². The molecule has 0 aromatic carbocycles. The van der Waals surface area contributed by atoms with Gasteiger partial charge in [-0.05, 0) is 48.8 Å². The number of nitrogens with one attached hydrogen (secondary N) is 2. The van der Waals surface area contributed by atoms with Gasteiger partial charge in [0.2, 0.25) is 5.88 Å². The first-order chi connectivity index (χ1) is 11.8. The van der Waals surface area contributed by atoms with Gasteiger partial charge in [0, 0.05) is 23.7 Å². The fourth-order valence-corrected chi connectivity index (χ4v) is 2.86. The van der Waals surface area contributed by atoms with Gasteiger partial charge in [0.05, 0.1) is 19.7 Å². The molecular weight excluding hydrogens is 320 g/mol. The molecule has 1 aliphatic rings. The molecule has 0 atom stereocenters. The molecule has 0 bridgehead atoms. The van der Waals surface area contributed by atoms with E-state index in [-0.39, 0.29) is 0 Å². The van der Waals surface area contributed by atoms with Crippen molar-refractivity contribution in [3.05, 3.63) is 46.3 Å². The van der Waals surface area contributed by atoms with Crippen molar-refractivity contribution >= 4 is 17.3 Å². The summed E-state index contributed by atoms with van der Waals surface area (Å²) < 4.78 is 5.73. The van der Waals surface area contributed by atoms with E-state index in [1.54, 1.807) is 17.5 Å². The van der Waals surface area contributed by atoms with Crippen LogP contribution in [-0.4, -0.2) is 24.1 Å². The molecule has 0 radical (unpaired) electrons. The summed E-state index contributed by atoms with van der Waals surface area (Å²) in [5, 5.41) is 8.72. The van der Waals surface area contributed by atoms with Crippen LogP contribution < -0.4 is 15.4 Å². The molecule has 1 aliphatic carbocycles. The van der Waals surface area contributed by atoms with Crippen LogP contribution in [0.25, 0.3) is 0 Å². The van der Waals surface area contributed by atoms with Crippen molar-refractivity contribution in [3.8, 4) is 5.88 Å². The first-order valence-electron chi connectivity index (χ1n) is 8.46. The zero-order valence-corrected chi connectivity index (χ0v) is 14.8. The van der Waals surface area contributed by atoms with Crippen molar-refractivity contribution in [2.75, 3.05) is 13.2 Å². The van der Waals surface area contributed by atoms with E-state index < -0.39 is 0 Å². The lowest BCUT2D eigenvalue weighted by molar-refractivity contribution is 0.288. The highest BCUT2D eigenvalue weighted by atomic mass is 32.1. The molecule has 128 valence electrons. The van der Waals surface area contributed by atoms with E-state index >= 15 is 0 Å². The molecular formula is C18H24N4OS. The topological polar surface area (TPSA) is 58.5 Å². The third-order valence-corrected chi connectivity index (χ3v) is 4.61. The Hall–Kier alpha value is -2.08. The summed E-state index contributed by atoms with van der Waals surface area (Å²) in [4.78, 5) is 10.2. The molecule has 1 saturated carbocycles. The van der Waals surface area contributed by atoms with Crippen molar-refractivity contribution < 1.29 is 4.74 Å². The van der Waals surface area contributed by atoms with Crippen LogP contribution in [0.2, 0.25) is 0 Å². The van der Waals surface area contributed by atoms with Crippen LogP contribution in [0.15, 0.2) is 40.8 Å². The number of pyridine rings is 1. The Balaban J connectivity index is 1.54. The van der Waals surface area contributed by atoms with Crippen LogP contribution in [0.5, 0.6) is 5.88 Å². The number of hydrogen-bond acceptors (Lipinski definition) is 4. The molecule has 1 fully saturated rings. The van der Waals surface area contributed by atoms with Gasteiger partial charge >= 0.3 is 0 Å². The number of guanidine groups is 1. The van der Waals surface area contributed by atoms with Crippen LogP contribution in [0.4, 0.5) is 0 Å². The second-order valence-electron chi connectivity index (χ2n) is 5.88. The summed E-state index contributed by atoms with van der Waals surface area (Å²) in [7, 11) is 0. The average molecular weight is 344 g/mol. The fourth-order valence-electron chi connectivity index (χ4n) is 2.21. The summed E-state index contributed by atoms with van der Waals surface area (Å²) in [6.07, 6.45) is 4.36. The maximum absolute atomic E-state index is 5.73. The number of aromatic nitrogens is 1. The van der Waals surface area contributed by atoms with Crippen LogP contribution in [0.3, 0.4) is 0 Å². The SMILES string of the molecule is CCNC(=NCc1ccnc(OCC2CC2)c1)NCc1cccs1. The van der Waals surface area contributed by atoms with Crippen molar-refractivity contribution in [1.29, 1.82) is 0 Å². The van der Waals surface area contributed by atoms with Crippen LogP contribution >= 0.6 is 11.3 Å². The van der Waals surface area contributed by atoms with Gasteiger partial charge in [0.15, 0.2) is 5.96 Å². The Bertz CT molecular complexity index is 653. The molecule has 24 heavy (non-hydrogen) atoms. The molecule has 2 aromatic rings. The standard InChI is InChI=1S/C18H24N4OS/c1-2-19-18(22-12-16-4-3-9-24-16)21-11-15-7-8-20-17(10-15)23-13-14-5-6-14/h3-4,7-10,14H,2,5-6,11-13H2,1H3,(H2,19,21,22). The maximum atomic E-state index is 5.73. The molecule has 6 heteroatoms. The molecule has 0 spiro atoms. The van der Waals surface area contributed by atoms with Crippen LogP contribution in [-0.2, 0) is 13.1 Å². The highest BCUT2D eigenvalue weighted by molar-refractivity contribution is 7.09. The monoisotopic (exact) mass is 344 g/mol. The van der Waals surface area contributed by atoms with Gasteiger partial charge in [-0.25, -0.2) is 9.98 Å². The number of hydrogen-bond donors (Lipinski definition) is 2. The predicted octanol–water partition coefficient (Wildman–Crippen LogP) is 3.19. The van der Waals surface area contributed by atoms with Crippen molar-refractivity contribution in [2.24, 2.45) is 10.9 Å². The highest BCUT2D eigenvalue weighted by Crippen LogP contribution is 2.29. The Labute approximate surface area is 147 Å². The first-order valence-corrected chi connectivity index (χ1v) is 9.33. The minimum Gasteiger partial charge on any atom is -0.477 e. The van der Waals surface area contributed by atoms with Gasteiger partial charge in [-0.2, -0.15) is 0 Å². The average Bonchev–Trinajstić information content (AvgIpc) is 3.29. The molecule has 0 amide bonds. The third-order valence-electron chi connectivity index (χ3n) is 3.74. The quantitative estimate of drug-likeness (QED) is 0.570. The molecule has 0 aliphatic heterocycles. The van der Waals surface area contributed by atoms with Crippen molar-refractivity contribution in [1.82, 2.24) is 15.6 Å². The Kier molecular flexibility index (Phi) is 6.07. The number of rotatable bonds is 8. The lowest BCUT2D eigenvalue weighted by Gasteiger charge is -2.10. The summed E-state index contributed by atoms with van der Waals surface area (Å²) in [6, 6.07) is 8.14. The molecule has 0 unspecified atom stereocenters. The summed E-state index contributed by atoms with van der Waals surface area (Å²) in [5.74, 6) is 2.25. The summed E-state index contributed by atoms with van der Waals surface area (Å²) in [5.41, 5.74) is 1.10. The maximum Gasteiger partial charge on any atom is 0.213 e. The number of aliphatic imine (C=N–C) groups is 1. The predicted molar refractivity (Wildman–Crippen MR) is 98.4 cm³/mol. The van der Waals surface area contributed by atoms with Gasteiger partial charge in [-0.15, -0.1) is 11.3 Å². The summed E-state index contributed by atoms with van der Waals surface area (Å²) in [6.45, 7) is 5.07. The van der Waals surface area contributed by atoms with E-state index in [2.05, 4.69) is 45.0 Å². The second-order valence-corrected chi connectivity index (χ2v) is 6.92. The minimum absolute atomic E-state index is 0.599. The van der Waals surface area contributed by atoms with Crippen molar-refractivity contribution in [3.63, 3.8) is 0 Å². The molecule has 2 heterocycles. The molecule has 0 saturated heterocycles. The number of thiophene rings is 1. The van der Waals surface area contributed by atoms with E-state index in [9.17, 15) is 0 Å². The van der Waals surface area contributed by atoms with E-state index in [1.807, 2.05) is 12.1 Å². The smallest absolute Gasteiger partial charge is 0.213 e. The Morgan fingerprint density at radius 3 is 3.04 bits per heavy atom. The molecule has 2 aromatic heterocycles. The van der Waals surface area contributed by atoms with Gasteiger partial charge in [0.25, 0.3) is 0 Å². The second kappa shape index (κ2) is 8.68. The zero-order valence-electron chi connectivity index (χ0n) is 14.0. The Morgan fingerprint density at radius 2 is 2.29 bits per heavy atom. The van der Waals surface area contributed by atoms with Crippen molar-refractivity contribution in [2.45, 2.75) is 32.9 Å². The summed E-state index contributed by atoms with van der Waals surface area (Å²) >= 11 is 1.74. The van der Waals surface area contributed by atoms with Gasteiger partial charge < -0.3 is 15.4 Å². The third kappa shape index (κ3) is 5.53. The lowest BCUT2D eigenvalue weighted by atomic mass is 10.3. The lowest BCUT2D eigenvalue weighted by Crippen LogP contribution is -2.36. The van der Waals surface area contributed by atoms with E-state index in [0.717, 1.165) is 37.1 Å². The Morgan fingerprint density at radius 1 is 1.38 bits per heavy atom. The highest BCUT2D eigenvalue weighted by Gasteiger charge is 2.22. The van der Waals surface area contributed by atoms with Gasteiger partial charge in [-0.3, -0.25) is 0 Å². The first kappa shape index (κ1) is 16.8. The van der Waals surface area contributed by atoms with Gasteiger partial charge in [0.1, 0.15) is 0 Å². The molecule has 5 nitrogen and oxygen atoms in total. The minimum atomic E-state index is 0.599. The number of ether oxygens (including phenoxy) is 1. The normalized spacial score (nSPS) is 14.5. The molecule has 2 N–H and O–H groups in total.